The fourth-order valence-electron chi connectivity index (χ4n) is 7.09. The number of phosphoric ester groups is 1. The predicted molar refractivity (Wildman–Crippen MR) is 284 cm³/mol. The normalized spacial score (nSPS) is 14.1. The SMILES string of the molecule is CC/C=C\C/C=C\C/C=C\C/C=C\C/C=C\C/C=C\C/C=C\CCCCCC(=O)OC(COCCCCCCCCCCCC/C=C\CCCCCCCCCC)COP(=O)(O)OCCN. The number of unbranched alkanes of at least 4 members (excludes halogenated alkanes) is 21. The van der Waals surface area contributed by atoms with Crippen molar-refractivity contribution in [1.29, 1.82) is 0 Å². The molecule has 380 valence electrons. The zero-order valence-corrected chi connectivity index (χ0v) is 43.3. The summed E-state index contributed by atoms with van der Waals surface area (Å²) < 4.78 is 33.6. The second kappa shape index (κ2) is 53.4. The fraction of sp³-hybridized carbons (Fsp3) is 0.702. The van der Waals surface area contributed by atoms with Crippen LogP contribution >= 0.6 is 7.82 Å². The molecule has 0 radical (unpaired) electrons. The number of hydrogen-bond acceptors (Lipinski definition) is 7. The van der Waals surface area contributed by atoms with Crippen LogP contribution in [0.4, 0.5) is 0 Å². The van der Waals surface area contributed by atoms with Gasteiger partial charge in [0.15, 0.2) is 0 Å². The van der Waals surface area contributed by atoms with E-state index in [0.29, 0.717) is 13.0 Å². The van der Waals surface area contributed by atoms with E-state index in [9.17, 15) is 14.3 Å². The minimum atomic E-state index is -4.30. The molecular weight excluding hydrogens is 842 g/mol. The molecule has 0 heterocycles. The summed E-state index contributed by atoms with van der Waals surface area (Å²) in [5.74, 6) is -0.364. The number of ether oxygens (including phenoxy) is 2. The standard InChI is InChI=1S/C57H100NO7P/c1-3-5-7-9-11-13-15-17-19-21-23-25-27-28-29-30-32-34-36-38-40-42-44-46-48-50-57(59)65-56(55-64-66(60,61)63-53-51-58)54-62-52-49-47-45-43-41-39-37-35-33-31-26-24-22-20-18-16-14-12-10-8-6-4-2/h5,7,11,13,17,19,22-25,28-29,32,34,38,40,56H,3-4,6,8-10,12,14-16,18,20-21,26-27,30-31,33,35-37,39,41-55,58H2,1-2H3,(H,60,61)/b7-5-,13-11-,19-17-,24-22-,25-23-,29-28-,34-32-,40-38-. The molecule has 0 aromatic carbocycles. The van der Waals surface area contributed by atoms with Gasteiger partial charge in [-0.2, -0.15) is 0 Å². The lowest BCUT2D eigenvalue weighted by molar-refractivity contribution is -0.154. The highest BCUT2D eigenvalue weighted by molar-refractivity contribution is 7.47. The number of carbonyl (C=O) groups is 1. The van der Waals surface area contributed by atoms with Crippen molar-refractivity contribution in [3.8, 4) is 0 Å². The summed E-state index contributed by atoms with van der Waals surface area (Å²) in [4.78, 5) is 22.6. The molecule has 0 aliphatic heterocycles. The zero-order valence-electron chi connectivity index (χ0n) is 42.4. The van der Waals surface area contributed by atoms with Crippen molar-refractivity contribution < 1.29 is 32.8 Å². The lowest BCUT2D eigenvalue weighted by atomic mass is 10.1. The fourth-order valence-corrected chi connectivity index (χ4v) is 7.85. The molecule has 0 saturated carbocycles. The second-order valence-electron chi connectivity index (χ2n) is 17.4. The number of allylic oxidation sites excluding steroid dienone is 16. The van der Waals surface area contributed by atoms with Gasteiger partial charge in [0.2, 0.25) is 0 Å². The van der Waals surface area contributed by atoms with E-state index in [2.05, 4.69) is 111 Å². The molecule has 8 nitrogen and oxygen atoms in total. The van der Waals surface area contributed by atoms with Crippen molar-refractivity contribution in [2.24, 2.45) is 5.73 Å². The van der Waals surface area contributed by atoms with Crippen molar-refractivity contribution >= 4 is 13.8 Å². The van der Waals surface area contributed by atoms with E-state index < -0.39 is 13.9 Å². The maximum Gasteiger partial charge on any atom is 0.472 e. The first-order valence-corrected chi connectivity index (χ1v) is 28.2. The Balaban J connectivity index is 4.04. The third-order valence-corrected chi connectivity index (χ3v) is 12.0. The van der Waals surface area contributed by atoms with E-state index in [4.69, 9.17) is 24.3 Å². The summed E-state index contributed by atoms with van der Waals surface area (Å²) in [6, 6.07) is 0. The van der Waals surface area contributed by atoms with Crippen LogP contribution in [-0.4, -0.2) is 49.9 Å². The molecule has 0 fully saturated rings. The first-order valence-electron chi connectivity index (χ1n) is 26.7. The molecule has 0 aromatic rings. The van der Waals surface area contributed by atoms with Crippen LogP contribution in [0.5, 0.6) is 0 Å². The molecule has 0 rings (SSSR count). The number of nitrogens with two attached hydrogens (primary N) is 1. The Labute approximate surface area is 406 Å². The zero-order chi connectivity index (χ0) is 48.0. The summed E-state index contributed by atoms with van der Waals surface area (Å²) in [5, 5.41) is 0. The van der Waals surface area contributed by atoms with Crippen LogP contribution < -0.4 is 5.73 Å². The van der Waals surface area contributed by atoms with Crippen molar-refractivity contribution in [3.63, 3.8) is 0 Å². The first kappa shape index (κ1) is 63.4. The molecule has 0 aromatic heterocycles. The van der Waals surface area contributed by atoms with Gasteiger partial charge in [0.05, 0.1) is 19.8 Å². The highest BCUT2D eigenvalue weighted by Gasteiger charge is 2.25. The highest BCUT2D eigenvalue weighted by Crippen LogP contribution is 2.43. The van der Waals surface area contributed by atoms with Crippen molar-refractivity contribution in [2.45, 2.75) is 225 Å². The minimum absolute atomic E-state index is 0.0895. The van der Waals surface area contributed by atoms with Gasteiger partial charge < -0.3 is 20.1 Å². The van der Waals surface area contributed by atoms with Crippen molar-refractivity contribution in [2.75, 3.05) is 33.0 Å². The van der Waals surface area contributed by atoms with E-state index in [-0.39, 0.29) is 38.8 Å². The summed E-state index contributed by atoms with van der Waals surface area (Å²) in [7, 11) is -4.30. The highest BCUT2D eigenvalue weighted by atomic mass is 31.2. The number of hydrogen-bond donors (Lipinski definition) is 2. The van der Waals surface area contributed by atoms with Crippen LogP contribution in [0.3, 0.4) is 0 Å². The lowest BCUT2D eigenvalue weighted by Gasteiger charge is -2.20. The number of esters is 1. The van der Waals surface area contributed by atoms with Crippen LogP contribution in [0.15, 0.2) is 97.2 Å². The number of carbonyl (C=O) groups excluding carboxylic acids is 1. The maximum absolute atomic E-state index is 12.7. The first-order chi connectivity index (χ1) is 32.4. The Bertz CT molecular complexity index is 1330. The molecule has 0 aliphatic rings. The molecule has 2 unspecified atom stereocenters. The molecule has 0 amide bonds. The van der Waals surface area contributed by atoms with Gasteiger partial charge in [-0.05, 0) is 96.3 Å². The molecule has 9 heteroatoms. The molecule has 3 N–H and O–H groups in total. The molecule has 0 saturated heterocycles. The Morgan fingerprint density at radius 1 is 0.470 bits per heavy atom. The quantitative estimate of drug-likeness (QED) is 0.0268. The largest absolute Gasteiger partial charge is 0.472 e. The van der Waals surface area contributed by atoms with E-state index in [0.717, 1.165) is 77.0 Å². The molecule has 2 atom stereocenters. The second-order valence-corrected chi connectivity index (χ2v) is 18.8. The third-order valence-electron chi connectivity index (χ3n) is 11.0. The number of rotatable bonds is 50. The van der Waals surface area contributed by atoms with Gasteiger partial charge in [0.1, 0.15) is 6.10 Å². The topological polar surface area (TPSA) is 117 Å². The van der Waals surface area contributed by atoms with Gasteiger partial charge in [-0.15, -0.1) is 0 Å². The summed E-state index contributed by atoms with van der Waals surface area (Å²) >= 11 is 0. The van der Waals surface area contributed by atoms with Crippen molar-refractivity contribution in [1.82, 2.24) is 0 Å². The average Bonchev–Trinajstić information content (AvgIpc) is 3.31. The summed E-state index contributed by atoms with van der Waals surface area (Å²) in [5.41, 5.74) is 5.39. The van der Waals surface area contributed by atoms with Crippen LogP contribution in [-0.2, 0) is 27.9 Å². The molecular formula is C57H100NO7P. The van der Waals surface area contributed by atoms with Gasteiger partial charge >= 0.3 is 13.8 Å². The number of phosphoric acid groups is 1. The molecule has 66 heavy (non-hydrogen) atoms. The van der Waals surface area contributed by atoms with E-state index in [1.807, 2.05) is 0 Å². The Morgan fingerprint density at radius 3 is 1.29 bits per heavy atom. The van der Waals surface area contributed by atoms with Gasteiger partial charge in [-0.3, -0.25) is 13.8 Å². The maximum atomic E-state index is 12.7. The molecule has 0 aliphatic carbocycles. The van der Waals surface area contributed by atoms with Gasteiger partial charge in [-0.25, -0.2) is 4.57 Å². The van der Waals surface area contributed by atoms with Gasteiger partial charge in [-0.1, -0.05) is 214 Å². The Kier molecular flexibility index (Phi) is 51.3. The van der Waals surface area contributed by atoms with Gasteiger partial charge in [0, 0.05) is 19.6 Å². The van der Waals surface area contributed by atoms with Crippen LogP contribution in [0.1, 0.15) is 219 Å². The van der Waals surface area contributed by atoms with Crippen molar-refractivity contribution in [3.05, 3.63) is 97.2 Å². The Hall–Kier alpha value is -2.58. The molecule has 0 bridgehead atoms. The Morgan fingerprint density at radius 2 is 0.848 bits per heavy atom. The average molecular weight is 942 g/mol. The van der Waals surface area contributed by atoms with E-state index in [1.54, 1.807) is 0 Å². The van der Waals surface area contributed by atoms with Gasteiger partial charge in [0.25, 0.3) is 0 Å². The lowest BCUT2D eigenvalue weighted by Crippen LogP contribution is -2.28. The minimum Gasteiger partial charge on any atom is -0.457 e. The van der Waals surface area contributed by atoms with Crippen LogP contribution in [0, 0.1) is 0 Å². The molecule has 0 spiro atoms. The van der Waals surface area contributed by atoms with Crippen LogP contribution in [0.2, 0.25) is 0 Å². The van der Waals surface area contributed by atoms with E-state index in [1.165, 1.54) is 116 Å². The van der Waals surface area contributed by atoms with E-state index >= 15 is 0 Å². The monoisotopic (exact) mass is 942 g/mol. The predicted octanol–water partition coefficient (Wildman–Crippen LogP) is 17.0. The summed E-state index contributed by atoms with van der Waals surface area (Å²) in [6.07, 6.45) is 71.6. The smallest absolute Gasteiger partial charge is 0.457 e. The summed E-state index contributed by atoms with van der Waals surface area (Å²) in [6.45, 7) is 4.76. The third kappa shape index (κ3) is 52.4. The van der Waals surface area contributed by atoms with Crippen LogP contribution in [0.25, 0.3) is 0 Å².